The topological polar surface area (TPSA) is 81.1 Å². The summed E-state index contributed by atoms with van der Waals surface area (Å²) in [4.78, 5) is 17.3. The van der Waals surface area contributed by atoms with Crippen molar-refractivity contribution < 1.29 is 13.2 Å². The molecule has 0 fully saturated rings. The number of aryl methyl sites for hydroxylation is 1. The van der Waals surface area contributed by atoms with Gasteiger partial charge in [-0.3, -0.25) is 4.79 Å². The Kier molecular flexibility index (Phi) is 4.28. The molecule has 0 radical (unpaired) electrons. The molecule has 1 amide bonds. The Balaban J connectivity index is 1.83. The molecule has 27 heavy (non-hydrogen) atoms. The van der Waals surface area contributed by atoms with Gasteiger partial charge < -0.3 is 9.88 Å². The molecular weight excluding hydrogens is 386 g/mol. The molecule has 3 aromatic rings. The highest BCUT2D eigenvalue weighted by Gasteiger charge is 2.35. The molecule has 0 saturated heterocycles. The summed E-state index contributed by atoms with van der Waals surface area (Å²) >= 11 is 5.94. The monoisotopic (exact) mass is 401 g/mol. The van der Waals surface area contributed by atoms with Gasteiger partial charge in [-0.1, -0.05) is 35.9 Å². The van der Waals surface area contributed by atoms with Gasteiger partial charge >= 0.3 is 0 Å². The Morgan fingerprint density at radius 2 is 1.93 bits per heavy atom. The number of anilines is 1. The third-order valence-electron chi connectivity index (χ3n) is 4.40. The Labute approximate surface area is 161 Å². The zero-order chi connectivity index (χ0) is 19.2. The van der Waals surface area contributed by atoms with Gasteiger partial charge in [-0.15, -0.1) is 0 Å². The van der Waals surface area contributed by atoms with Gasteiger partial charge in [0.05, 0.1) is 5.75 Å². The maximum atomic E-state index is 13.0. The smallest absolute Gasteiger partial charge is 0.274 e. The Morgan fingerprint density at radius 1 is 1.19 bits per heavy atom. The maximum Gasteiger partial charge on any atom is 0.274 e. The standard InChI is InChI=1S/C19H16ClN3O3S/c1-12-3-2-4-15(11-12)21-18(24)17-16(13-5-7-14(20)8-6-13)22-19-23(17)9-10-27(19,25)26/h2-8,11H,9-10H2,1H3,(H,21,24). The highest BCUT2D eigenvalue weighted by Crippen LogP contribution is 2.31. The fourth-order valence-corrected chi connectivity index (χ4v) is 4.61. The minimum atomic E-state index is -3.49. The van der Waals surface area contributed by atoms with Gasteiger partial charge in [0.25, 0.3) is 5.91 Å². The second-order valence-electron chi connectivity index (χ2n) is 6.39. The molecule has 1 aliphatic heterocycles. The summed E-state index contributed by atoms with van der Waals surface area (Å²) in [7, 11) is -3.49. The van der Waals surface area contributed by atoms with E-state index < -0.39 is 15.7 Å². The van der Waals surface area contributed by atoms with Crippen molar-refractivity contribution in [3.63, 3.8) is 0 Å². The molecule has 0 bridgehead atoms. The Morgan fingerprint density at radius 3 is 2.63 bits per heavy atom. The van der Waals surface area contributed by atoms with Crippen molar-refractivity contribution in [1.82, 2.24) is 9.55 Å². The van der Waals surface area contributed by atoms with Crippen LogP contribution < -0.4 is 5.32 Å². The van der Waals surface area contributed by atoms with Crippen LogP contribution in [0.2, 0.25) is 5.02 Å². The molecule has 0 saturated carbocycles. The second kappa shape index (κ2) is 6.51. The van der Waals surface area contributed by atoms with Crippen molar-refractivity contribution in [2.24, 2.45) is 0 Å². The van der Waals surface area contributed by atoms with Crippen LogP contribution in [0.3, 0.4) is 0 Å². The van der Waals surface area contributed by atoms with Crippen LogP contribution in [0, 0.1) is 6.92 Å². The summed E-state index contributed by atoms with van der Waals surface area (Å²) in [6, 6.07) is 14.2. The van der Waals surface area contributed by atoms with Gasteiger partial charge in [0.1, 0.15) is 11.4 Å². The largest absolute Gasteiger partial charge is 0.321 e. The first-order chi connectivity index (χ1) is 12.8. The lowest BCUT2D eigenvalue weighted by atomic mass is 10.1. The predicted octanol–water partition coefficient (Wildman–Crippen LogP) is 3.55. The van der Waals surface area contributed by atoms with E-state index in [2.05, 4.69) is 10.3 Å². The van der Waals surface area contributed by atoms with Crippen molar-refractivity contribution >= 4 is 33.0 Å². The molecule has 0 atom stereocenters. The molecule has 0 aliphatic carbocycles. The van der Waals surface area contributed by atoms with Crippen LogP contribution in [-0.4, -0.2) is 29.6 Å². The SMILES string of the molecule is Cc1cccc(NC(=O)c2c(-c3ccc(Cl)cc3)nc3n2CCS3(=O)=O)c1. The fraction of sp³-hybridized carbons (Fsp3) is 0.158. The van der Waals surface area contributed by atoms with Crippen molar-refractivity contribution in [3.8, 4) is 11.3 Å². The van der Waals surface area contributed by atoms with Gasteiger partial charge in [0, 0.05) is 22.8 Å². The molecule has 4 rings (SSSR count). The Bertz CT molecular complexity index is 1150. The van der Waals surface area contributed by atoms with Crippen molar-refractivity contribution in [3.05, 3.63) is 64.8 Å². The molecular formula is C19H16ClN3O3S. The van der Waals surface area contributed by atoms with E-state index in [1.165, 1.54) is 4.57 Å². The lowest BCUT2D eigenvalue weighted by Gasteiger charge is -2.09. The molecule has 138 valence electrons. The first-order valence-corrected chi connectivity index (χ1v) is 10.4. The molecule has 1 aliphatic rings. The molecule has 2 aromatic carbocycles. The number of halogens is 1. The third kappa shape index (κ3) is 3.24. The van der Waals surface area contributed by atoms with E-state index in [1.54, 1.807) is 30.3 Å². The predicted molar refractivity (Wildman–Crippen MR) is 104 cm³/mol. The summed E-state index contributed by atoms with van der Waals surface area (Å²) in [6.07, 6.45) is 0. The van der Waals surface area contributed by atoms with E-state index in [0.717, 1.165) is 5.56 Å². The van der Waals surface area contributed by atoms with E-state index in [0.29, 0.717) is 22.0 Å². The number of fused-ring (bicyclic) bond motifs is 1. The first kappa shape index (κ1) is 17.8. The average Bonchev–Trinajstić information content (AvgIpc) is 3.13. The highest BCUT2D eigenvalue weighted by molar-refractivity contribution is 7.91. The van der Waals surface area contributed by atoms with Gasteiger partial charge in [0.2, 0.25) is 15.0 Å². The van der Waals surface area contributed by atoms with Crippen LogP contribution in [0.4, 0.5) is 5.69 Å². The third-order valence-corrected chi connectivity index (χ3v) is 6.24. The normalized spacial score (nSPS) is 14.7. The van der Waals surface area contributed by atoms with Gasteiger partial charge in [-0.05, 0) is 36.8 Å². The minimum Gasteiger partial charge on any atom is -0.321 e. The van der Waals surface area contributed by atoms with E-state index in [9.17, 15) is 13.2 Å². The maximum absolute atomic E-state index is 13.0. The highest BCUT2D eigenvalue weighted by atomic mass is 35.5. The summed E-state index contributed by atoms with van der Waals surface area (Å²) < 4.78 is 26.1. The number of carbonyl (C=O) groups excluding carboxylic acids is 1. The Hall–Kier alpha value is -2.64. The molecule has 1 aromatic heterocycles. The zero-order valence-corrected chi connectivity index (χ0v) is 16.0. The number of sulfone groups is 1. The lowest BCUT2D eigenvalue weighted by Crippen LogP contribution is -2.18. The number of nitrogens with zero attached hydrogens (tertiary/aromatic N) is 2. The van der Waals surface area contributed by atoms with Crippen LogP contribution >= 0.6 is 11.6 Å². The second-order valence-corrected chi connectivity index (χ2v) is 8.83. The van der Waals surface area contributed by atoms with Gasteiger partial charge in [-0.2, -0.15) is 0 Å². The molecule has 1 N–H and O–H groups in total. The number of imidazole rings is 1. The number of rotatable bonds is 3. The molecule has 0 unspecified atom stereocenters. The van der Waals surface area contributed by atoms with E-state index in [1.807, 2.05) is 25.1 Å². The number of benzene rings is 2. The summed E-state index contributed by atoms with van der Waals surface area (Å²) in [5, 5.41) is 3.32. The van der Waals surface area contributed by atoms with E-state index in [-0.39, 0.29) is 23.1 Å². The zero-order valence-electron chi connectivity index (χ0n) is 14.4. The van der Waals surface area contributed by atoms with E-state index in [4.69, 9.17) is 11.6 Å². The quantitative estimate of drug-likeness (QED) is 0.727. The van der Waals surface area contributed by atoms with Crippen LogP contribution in [0.15, 0.2) is 53.7 Å². The number of carbonyl (C=O) groups is 1. The number of hydrogen-bond donors (Lipinski definition) is 1. The minimum absolute atomic E-state index is 0.0546. The number of amides is 1. The summed E-state index contributed by atoms with van der Waals surface area (Å²) in [6.45, 7) is 2.13. The van der Waals surface area contributed by atoms with E-state index >= 15 is 0 Å². The van der Waals surface area contributed by atoms with Crippen molar-refractivity contribution in [1.29, 1.82) is 0 Å². The summed E-state index contributed by atoms with van der Waals surface area (Å²) in [5.41, 5.74) is 2.83. The van der Waals surface area contributed by atoms with Crippen molar-refractivity contribution in [2.45, 2.75) is 18.6 Å². The molecule has 8 heteroatoms. The number of nitrogens with one attached hydrogen (secondary N) is 1. The van der Waals surface area contributed by atoms with Crippen molar-refractivity contribution in [2.75, 3.05) is 11.1 Å². The average molecular weight is 402 g/mol. The van der Waals surface area contributed by atoms with Crippen LogP contribution in [0.1, 0.15) is 16.1 Å². The van der Waals surface area contributed by atoms with Gasteiger partial charge in [-0.25, -0.2) is 13.4 Å². The van der Waals surface area contributed by atoms with Crippen LogP contribution in [0.25, 0.3) is 11.3 Å². The first-order valence-electron chi connectivity index (χ1n) is 8.32. The van der Waals surface area contributed by atoms with Crippen LogP contribution in [0.5, 0.6) is 0 Å². The fourth-order valence-electron chi connectivity index (χ4n) is 3.13. The van der Waals surface area contributed by atoms with Gasteiger partial charge in [0.15, 0.2) is 0 Å². The summed E-state index contributed by atoms with van der Waals surface area (Å²) in [5.74, 6) is -0.456. The lowest BCUT2D eigenvalue weighted by molar-refractivity contribution is 0.101. The molecule has 6 nitrogen and oxygen atoms in total. The van der Waals surface area contributed by atoms with Crippen LogP contribution in [-0.2, 0) is 16.4 Å². The molecule has 0 spiro atoms. The number of hydrogen-bond acceptors (Lipinski definition) is 4. The molecule has 2 heterocycles. The number of aromatic nitrogens is 2.